The Balaban J connectivity index is 2.00. The molecule has 1 aromatic carbocycles. The van der Waals surface area contributed by atoms with E-state index in [1.165, 1.54) is 23.1 Å². The molecule has 1 N–H and O–H groups in total. The van der Waals surface area contributed by atoms with Gasteiger partial charge in [0.15, 0.2) is 6.61 Å². The number of nitrogens with zero attached hydrogens (tertiary/aromatic N) is 1. The predicted molar refractivity (Wildman–Crippen MR) is 99.5 cm³/mol. The van der Waals surface area contributed by atoms with Gasteiger partial charge in [0, 0.05) is 12.6 Å². The number of hydrogen-bond acceptors (Lipinski definition) is 5. The minimum Gasteiger partial charge on any atom is -0.452 e. The van der Waals surface area contributed by atoms with Crippen LogP contribution in [0.15, 0.2) is 18.2 Å². The Hall–Kier alpha value is -2.70. The molecule has 0 aliphatic carbocycles. The van der Waals surface area contributed by atoms with E-state index in [9.17, 15) is 19.2 Å². The Morgan fingerprint density at radius 3 is 2.48 bits per heavy atom. The molecule has 1 aliphatic rings. The van der Waals surface area contributed by atoms with Crippen LogP contribution in [0.4, 0.5) is 0 Å². The molecule has 1 aromatic rings. The maximum absolute atomic E-state index is 12.4. The molecule has 7 heteroatoms. The van der Waals surface area contributed by atoms with E-state index in [0.29, 0.717) is 12.1 Å². The summed E-state index contributed by atoms with van der Waals surface area (Å²) in [5, 5.41) is 2.75. The lowest BCUT2D eigenvalue weighted by Gasteiger charge is -2.12. The molecular formula is C20H26N2O5. The summed E-state index contributed by atoms with van der Waals surface area (Å²) < 4.78 is 5.02. The summed E-state index contributed by atoms with van der Waals surface area (Å²) in [6.45, 7) is 5.85. The van der Waals surface area contributed by atoms with Crippen molar-refractivity contribution in [3.05, 3.63) is 34.9 Å². The summed E-state index contributed by atoms with van der Waals surface area (Å²) in [7, 11) is 0. The Morgan fingerprint density at radius 2 is 1.81 bits per heavy atom. The number of imide groups is 1. The molecule has 3 amide bonds. The summed E-state index contributed by atoms with van der Waals surface area (Å²) in [6.07, 6.45) is 3.38. The molecule has 1 aliphatic heterocycles. The first-order valence-corrected chi connectivity index (χ1v) is 9.35. The van der Waals surface area contributed by atoms with E-state index in [0.717, 1.165) is 25.7 Å². The number of rotatable bonds is 9. The highest BCUT2D eigenvalue weighted by Gasteiger charge is 2.35. The zero-order valence-electron chi connectivity index (χ0n) is 16.0. The van der Waals surface area contributed by atoms with Gasteiger partial charge in [0.1, 0.15) is 0 Å². The minimum absolute atomic E-state index is 0.0129. The zero-order valence-corrected chi connectivity index (χ0v) is 16.0. The van der Waals surface area contributed by atoms with Gasteiger partial charge in [-0.2, -0.15) is 0 Å². The number of fused-ring (bicyclic) bond motifs is 1. The number of unbranched alkanes of at least 4 members (excludes halogenated alkanes) is 1. The maximum atomic E-state index is 12.4. The van der Waals surface area contributed by atoms with Crippen LogP contribution in [0.5, 0.6) is 0 Å². The molecule has 7 nitrogen and oxygen atoms in total. The average molecular weight is 374 g/mol. The van der Waals surface area contributed by atoms with Gasteiger partial charge in [-0.05, 0) is 38.0 Å². The Bertz CT molecular complexity index is 744. The Labute approximate surface area is 159 Å². The van der Waals surface area contributed by atoms with Crippen LogP contribution in [0.3, 0.4) is 0 Å². The average Bonchev–Trinajstić information content (AvgIpc) is 2.88. The number of carbonyl (C=O) groups is 4. The van der Waals surface area contributed by atoms with Gasteiger partial charge in [-0.3, -0.25) is 19.3 Å². The highest BCUT2D eigenvalue weighted by atomic mass is 16.5. The van der Waals surface area contributed by atoms with Gasteiger partial charge in [0.2, 0.25) is 0 Å². The van der Waals surface area contributed by atoms with E-state index >= 15 is 0 Å². The molecule has 0 saturated carbocycles. The van der Waals surface area contributed by atoms with Gasteiger partial charge in [-0.1, -0.05) is 26.7 Å². The quantitative estimate of drug-likeness (QED) is 0.530. The molecule has 0 radical (unpaired) electrons. The molecule has 1 heterocycles. The van der Waals surface area contributed by atoms with Gasteiger partial charge in [0.05, 0.1) is 16.7 Å². The highest BCUT2D eigenvalue weighted by molar-refractivity contribution is 6.21. The number of benzene rings is 1. The van der Waals surface area contributed by atoms with Crippen molar-refractivity contribution in [3.8, 4) is 0 Å². The van der Waals surface area contributed by atoms with E-state index in [1.54, 1.807) is 0 Å². The summed E-state index contributed by atoms with van der Waals surface area (Å²) in [6, 6.07) is 4.27. The number of amides is 3. The van der Waals surface area contributed by atoms with E-state index in [2.05, 4.69) is 5.32 Å². The smallest absolute Gasteiger partial charge is 0.338 e. The lowest BCUT2D eigenvalue weighted by atomic mass is 10.1. The molecular weight excluding hydrogens is 348 g/mol. The number of hydrogen-bond donors (Lipinski definition) is 1. The number of carbonyl (C=O) groups excluding carboxylic acids is 4. The van der Waals surface area contributed by atoms with E-state index < -0.39 is 11.9 Å². The fourth-order valence-electron chi connectivity index (χ4n) is 2.97. The normalized spacial score (nSPS) is 14.1. The van der Waals surface area contributed by atoms with Crippen molar-refractivity contribution in [3.63, 3.8) is 0 Å². The van der Waals surface area contributed by atoms with Crippen LogP contribution in [-0.2, 0) is 9.53 Å². The van der Waals surface area contributed by atoms with Crippen LogP contribution in [0.25, 0.3) is 0 Å². The molecule has 0 fully saturated rings. The monoisotopic (exact) mass is 374 g/mol. The van der Waals surface area contributed by atoms with Crippen molar-refractivity contribution < 1.29 is 23.9 Å². The summed E-state index contributed by atoms with van der Waals surface area (Å²) in [5.41, 5.74) is 0.631. The summed E-state index contributed by atoms with van der Waals surface area (Å²) in [5.74, 6) is -1.82. The van der Waals surface area contributed by atoms with Crippen LogP contribution in [0.1, 0.15) is 77.5 Å². The second-order valence-electron chi connectivity index (χ2n) is 6.71. The van der Waals surface area contributed by atoms with Crippen molar-refractivity contribution in [2.45, 2.75) is 52.5 Å². The van der Waals surface area contributed by atoms with Crippen molar-refractivity contribution in [1.82, 2.24) is 10.2 Å². The molecule has 0 saturated heterocycles. The topological polar surface area (TPSA) is 92.8 Å². The van der Waals surface area contributed by atoms with Crippen LogP contribution in [0.2, 0.25) is 0 Å². The van der Waals surface area contributed by atoms with Crippen LogP contribution in [-0.4, -0.2) is 47.8 Å². The highest BCUT2D eigenvalue weighted by Crippen LogP contribution is 2.24. The Morgan fingerprint density at radius 1 is 1.11 bits per heavy atom. The molecule has 146 valence electrons. The Kier molecular flexibility index (Phi) is 7.10. The SMILES string of the molecule is CCCCN1C(=O)c2ccc(C(=O)OCC(=O)N[C@H](C)CCC)cc2C1=O. The third kappa shape index (κ3) is 4.93. The third-order valence-corrected chi connectivity index (χ3v) is 4.41. The van der Waals surface area contributed by atoms with Crippen LogP contribution >= 0.6 is 0 Å². The second-order valence-corrected chi connectivity index (χ2v) is 6.71. The minimum atomic E-state index is -0.705. The first-order chi connectivity index (χ1) is 12.9. The molecule has 0 aromatic heterocycles. The largest absolute Gasteiger partial charge is 0.452 e. The van der Waals surface area contributed by atoms with Crippen molar-refractivity contribution in [2.75, 3.05) is 13.2 Å². The van der Waals surface area contributed by atoms with E-state index in [4.69, 9.17) is 4.74 Å². The summed E-state index contributed by atoms with van der Waals surface area (Å²) >= 11 is 0. The van der Waals surface area contributed by atoms with Gasteiger partial charge in [-0.25, -0.2) is 4.79 Å². The van der Waals surface area contributed by atoms with Gasteiger partial charge in [-0.15, -0.1) is 0 Å². The van der Waals surface area contributed by atoms with Gasteiger partial charge < -0.3 is 10.1 Å². The number of nitrogens with one attached hydrogen (secondary N) is 1. The zero-order chi connectivity index (χ0) is 20.0. The lowest BCUT2D eigenvalue weighted by Crippen LogP contribution is -2.35. The standard InChI is InChI=1S/C20H26N2O5/c1-4-6-10-22-18(24)15-9-8-14(11-16(15)19(22)25)20(26)27-12-17(23)21-13(3)7-5-2/h8-9,11,13H,4-7,10,12H2,1-3H3,(H,21,23)/t13-/m1/s1. The predicted octanol–water partition coefficient (Wildman–Crippen LogP) is 2.54. The molecule has 2 rings (SSSR count). The summed E-state index contributed by atoms with van der Waals surface area (Å²) in [4.78, 5) is 49.9. The van der Waals surface area contributed by atoms with E-state index in [-0.39, 0.29) is 35.6 Å². The number of ether oxygens (including phenoxy) is 1. The van der Waals surface area contributed by atoms with Crippen molar-refractivity contribution in [1.29, 1.82) is 0 Å². The second kappa shape index (κ2) is 9.30. The first-order valence-electron chi connectivity index (χ1n) is 9.35. The van der Waals surface area contributed by atoms with Crippen LogP contribution in [0, 0.1) is 0 Å². The molecule has 0 bridgehead atoms. The van der Waals surface area contributed by atoms with Crippen molar-refractivity contribution >= 4 is 23.7 Å². The molecule has 1 atom stereocenters. The molecule has 0 unspecified atom stereocenters. The third-order valence-electron chi connectivity index (χ3n) is 4.41. The first kappa shape index (κ1) is 20.6. The van der Waals surface area contributed by atoms with Crippen molar-refractivity contribution in [2.24, 2.45) is 0 Å². The lowest BCUT2D eigenvalue weighted by molar-refractivity contribution is -0.124. The molecule has 27 heavy (non-hydrogen) atoms. The maximum Gasteiger partial charge on any atom is 0.338 e. The van der Waals surface area contributed by atoms with Crippen LogP contribution < -0.4 is 5.32 Å². The van der Waals surface area contributed by atoms with Gasteiger partial charge >= 0.3 is 5.97 Å². The fourth-order valence-corrected chi connectivity index (χ4v) is 2.97. The van der Waals surface area contributed by atoms with E-state index in [1.807, 2.05) is 20.8 Å². The molecule has 0 spiro atoms. The number of esters is 1. The van der Waals surface area contributed by atoms with Gasteiger partial charge in [0.25, 0.3) is 17.7 Å². The fraction of sp³-hybridized carbons (Fsp3) is 0.500.